The second-order valence-corrected chi connectivity index (χ2v) is 2.54. The van der Waals surface area contributed by atoms with E-state index < -0.39 is 0 Å². The van der Waals surface area contributed by atoms with Crippen molar-refractivity contribution < 1.29 is 0 Å². The summed E-state index contributed by atoms with van der Waals surface area (Å²) in [7, 11) is 0. The van der Waals surface area contributed by atoms with Gasteiger partial charge in [-0.15, -0.1) is 0 Å². The van der Waals surface area contributed by atoms with Gasteiger partial charge in [-0.2, -0.15) is 5.10 Å². The highest BCUT2D eigenvalue weighted by Crippen LogP contribution is 2.06. The van der Waals surface area contributed by atoms with Crippen LogP contribution in [0.25, 0.3) is 10.9 Å². The van der Waals surface area contributed by atoms with Gasteiger partial charge in [0.05, 0.1) is 16.6 Å². The van der Waals surface area contributed by atoms with Crippen LogP contribution in [0, 0.1) is 6.92 Å². The maximum atomic E-state index is 11.2. The molecule has 2 aromatic heterocycles. The molecular weight excluding hydrogens is 154 g/mol. The second kappa shape index (κ2) is 2.41. The maximum Gasteiger partial charge on any atom is 0.273 e. The molecule has 0 atom stereocenters. The van der Waals surface area contributed by atoms with Crippen molar-refractivity contribution in [2.24, 2.45) is 0 Å². The third-order valence-corrected chi connectivity index (χ3v) is 1.72. The van der Waals surface area contributed by atoms with Crippen molar-refractivity contribution in [2.45, 2.75) is 6.92 Å². The van der Waals surface area contributed by atoms with Crippen molar-refractivity contribution in [3.05, 3.63) is 34.4 Å². The van der Waals surface area contributed by atoms with Crippen molar-refractivity contribution in [1.82, 2.24) is 15.2 Å². The summed E-state index contributed by atoms with van der Waals surface area (Å²) in [5.41, 5.74) is 1.22. The van der Waals surface area contributed by atoms with Gasteiger partial charge in [-0.25, -0.2) is 5.10 Å². The first-order valence-corrected chi connectivity index (χ1v) is 3.59. The summed E-state index contributed by atoms with van der Waals surface area (Å²) in [5.74, 6) is 0. The number of aromatic amines is 1. The molecule has 0 amide bonds. The quantitative estimate of drug-likeness (QED) is 0.616. The molecule has 2 heterocycles. The van der Waals surface area contributed by atoms with Gasteiger partial charge >= 0.3 is 0 Å². The molecule has 0 aromatic carbocycles. The van der Waals surface area contributed by atoms with E-state index in [0.717, 1.165) is 5.69 Å². The topological polar surface area (TPSA) is 58.6 Å². The van der Waals surface area contributed by atoms with E-state index in [1.807, 2.05) is 6.92 Å². The van der Waals surface area contributed by atoms with Gasteiger partial charge in [-0.05, 0) is 19.1 Å². The minimum atomic E-state index is -0.191. The van der Waals surface area contributed by atoms with E-state index in [4.69, 9.17) is 0 Å². The lowest BCUT2D eigenvalue weighted by Gasteiger charge is -1.96. The van der Waals surface area contributed by atoms with Gasteiger partial charge in [0.15, 0.2) is 0 Å². The molecule has 1 N–H and O–H groups in total. The zero-order chi connectivity index (χ0) is 8.55. The molecule has 4 nitrogen and oxygen atoms in total. The molecule has 2 rings (SSSR count). The first kappa shape index (κ1) is 6.97. The van der Waals surface area contributed by atoms with Crippen molar-refractivity contribution >= 4 is 10.9 Å². The Kier molecular flexibility index (Phi) is 1.40. The number of nitrogens with zero attached hydrogens (tertiary/aromatic N) is 2. The first-order chi connectivity index (χ1) is 5.79. The van der Waals surface area contributed by atoms with Crippen LogP contribution in [0.4, 0.5) is 0 Å². The fraction of sp³-hybridized carbons (Fsp3) is 0.125. The molecule has 0 aliphatic heterocycles. The van der Waals surface area contributed by atoms with Gasteiger partial charge in [0.25, 0.3) is 5.56 Å². The van der Waals surface area contributed by atoms with Crippen LogP contribution in [-0.2, 0) is 0 Å². The highest BCUT2D eigenvalue weighted by atomic mass is 16.1. The zero-order valence-corrected chi connectivity index (χ0v) is 6.53. The molecule has 2 aromatic rings. The van der Waals surface area contributed by atoms with E-state index >= 15 is 0 Å². The first-order valence-electron chi connectivity index (χ1n) is 3.59. The predicted octanol–water partition coefficient (Wildman–Crippen LogP) is 0.627. The molecule has 0 unspecified atom stereocenters. The van der Waals surface area contributed by atoms with Crippen molar-refractivity contribution in [3.8, 4) is 0 Å². The van der Waals surface area contributed by atoms with Gasteiger partial charge in [-0.1, -0.05) is 0 Å². The van der Waals surface area contributed by atoms with E-state index in [2.05, 4.69) is 15.2 Å². The highest BCUT2D eigenvalue weighted by Gasteiger charge is 2.01. The molecule has 0 aliphatic rings. The number of pyridine rings is 1. The summed E-state index contributed by atoms with van der Waals surface area (Å²) in [6, 6.07) is 3.47. The Bertz CT molecular complexity index is 475. The lowest BCUT2D eigenvalue weighted by Crippen LogP contribution is -2.09. The van der Waals surface area contributed by atoms with Gasteiger partial charge < -0.3 is 0 Å². The molecule has 0 radical (unpaired) electrons. The molecule has 0 aliphatic carbocycles. The van der Waals surface area contributed by atoms with Crippen molar-refractivity contribution in [3.63, 3.8) is 0 Å². The van der Waals surface area contributed by atoms with Crippen molar-refractivity contribution in [1.29, 1.82) is 0 Å². The third kappa shape index (κ3) is 0.887. The number of aryl methyl sites for hydroxylation is 1. The van der Waals surface area contributed by atoms with Gasteiger partial charge in [0.2, 0.25) is 0 Å². The van der Waals surface area contributed by atoms with E-state index in [1.165, 1.54) is 0 Å². The Labute approximate surface area is 68.3 Å². The summed E-state index contributed by atoms with van der Waals surface area (Å²) in [5, 5.41) is 6.79. The Balaban J connectivity index is 3.05. The molecule has 12 heavy (non-hydrogen) atoms. The average molecular weight is 161 g/mol. The van der Waals surface area contributed by atoms with Gasteiger partial charge in [-0.3, -0.25) is 9.78 Å². The van der Waals surface area contributed by atoms with E-state index in [9.17, 15) is 4.79 Å². The molecule has 0 fully saturated rings. The number of hydrogen-bond donors (Lipinski definition) is 1. The van der Waals surface area contributed by atoms with Crippen LogP contribution in [0.2, 0.25) is 0 Å². The number of nitrogens with one attached hydrogen (secondary N) is 1. The molecule has 60 valence electrons. The standard InChI is InChI=1S/C8H7N3O/c1-5-7-6(3-2-4-9-7)8(12)11-10-5/h2-4H,1H3,(H,11,12). The Morgan fingerprint density at radius 1 is 1.50 bits per heavy atom. The van der Waals surface area contributed by atoms with Crippen LogP contribution in [0.5, 0.6) is 0 Å². The summed E-state index contributed by atoms with van der Waals surface area (Å²) >= 11 is 0. The SMILES string of the molecule is Cc1n[nH]c(=O)c2cccnc12. The molecule has 0 spiro atoms. The average Bonchev–Trinajstić information content (AvgIpc) is 2.12. The molecule has 0 bridgehead atoms. The van der Waals surface area contributed by atoms with E-state index in [0.29, 0.717) is 10.9 Å². The number of H-pyrrole nitrogens is 1. The third-order valence-electron chi connectivity index (χ3n) is 1.72. The lowest BCUT2D eigenvalue weighted by molar-refractivity contribution is 0.963. The monoisotopic (exact) mass is 161 g/mol. The van der Waals surface area contributed by atoms with Crippen LogP contribution < -0.4 is 5.56 Å². The van der Waals surface area contributed by atoms with Crippen LogP contribution in [-0.4, -0.2) is 15.2 Å². The minimum Gasteiger partial charge on any atom is -0.267 e. The van der Waals surface area contributed by atoms with Gasteiger partial charge in [0, 0.05) is 6.20 Å². The zero-order valence-electron chi connectivity index (χ0n) is 6.53. The van der Waals surface area contributed by atoms with Crippen molar-refractivity contribution in [2.75, 3.05) is 0 Å². The van der Waals surface area contributed by atoms with Crippen LogP contribution in [0.1, 0.15) is 5.69 Å². The van der Waals surface area contributed by atoms with Gasteiger partial charge in [0.1, 0.15) is 0 Å². The smallest absolute Gasteiger partial charge is 0.267 e. The Morgan fingerprint density at radius 3 is 3.08 bits per heavy atom. The molecular formula is C8H7N3O. The van der Waals surface area contributed by atoms with Crippen LogP contribution in [0.3, 0.4) is 0 Å². The number of rotatable bonds is 0. The molecule has 0 saturated carbocycles. The largest absolute Gasteiger partial charge is 0.273 e. The fourth-order valence-corrected chi connectivity index (χ4v) is 1.12. The fourth-order valence-electron chi connectivity index (χ4n) is 1.12. The number of aromatic nitrogens is 3. The predicted molar refractivity (Wildman–Crippen MR) is 44.9 cm³/mol. The summed E-state index contributed by atoms with van der Waals surface area (Å²) in [6.45, 7) is 1.81. The van der Waals surface area contributed by atoms with Crippen LogP contribution in [0.15, 0.2) is 23.1 Å². The van der Waals surface area contributed by atoms with E-state index in [1.54, 1.807) is 18.3 Å². The summed E-state index contributed by atoms with van der Waals surface area (Å²) < 4.78 is 0. The summed E-state index contributed by atoms with van der Waals surface area (Å²) in [6.07, 6.45) is 1.65. The highest BCUT2D eigenvalue weighted by molar-refractivity contribution is 5.78. The minimum absolute atomic E-state index is 0.191. The number of fused-ring (bicyclic) bond motifs is 1. The maximum absolute atomic E-state index is 11.2. The Morgan fingerprint density at radius 2 is 2.33 bits per heavy atom. The second-order valence-electron chi connectivity index (χ2n) is 2.54. The van der Waals surface area contributed by atoms with E-state index in [-0.39, 0.29) is 5.56 Å². The summed E-state index contributed by atoms with van der Waals surface area (Å²) in [4.78, 5) is 15.2. The van der Waals surface area contributed by atoms with Crippen LogP contribution >= 0.6 is 0 Å². The lowest BCUT2D eigenvalue weighted by atomic mass is 10.2. The molecule has 0 saturated heterocycles. The Hall–Kier alpha value is -1.71. The molecule has 4 heteroatoms. The number of hydrogen-bond acceptors (Lipinski definition) is 3. The normalized spacial score (nSPS) is 10.4.